The SMILES string of the molecule is C[Si](C)(C)C#CCc1ccc(CC#C[Si](C)(C)C)nc1. The number of pyridine rings is 1. The van der Waals surface area contributed by atoms with Gasteiger partial charge >= 0.3 is 0 Å². The molecule has 106 valence electrons. The van der Waals surface area contributed by atoms with Crippen molar-refractivity contribution in [3.05, 3.63) is 29.6 Å². The maximum Gasteiger partial charge on any atom is 0.129 e. The van der Waals surface area contributed by atoms with Gasteiger partial charge in [0.15, 0.2) is 0 Å². The first kappa shape index (κ1) is 16.8. The van der Waals surface area contributed by atoms with Crippen LogP contribution in [0.25, 0.3) is 0 Å². The van der Waals surface area contributed by atoms with Crippen LogP contribution in [-0.4, -0.2) is 21.1 Å². The van der Waals surface area contributed by atoms with Gasteiger partial charge in [0, 0.05) is 12.6 Å². The Kier molecular flexibility index (Phi) is 5.80. The lowest BCUT2D eigenvalue weighted by molar-refractivity contribution is 1.10. The number of aromatic nitrogens is 1. The molecule has 0 bridgehead atoms. The highest BCUT2D eigenvalue weighted by Gasteiger charge is 2.07. The summed E-state index contributed by atoms with van der Waals surface area (Å²) < 4.78 is 0. The predicted molar refractivity (Wildman–Crippen MR) is 93.9 cm³/mol. The fraction of sp³-hybridized carbons (Fsp3) is 0.471. The zero-order valence-electron chi connectivity index (χ0n) is 13.6. The summed E-state index contributed by atoms with van der Waals surface area (Å²) in [4.78, 5) is 4.47. The van der Waals surface area contributed by atoms with Gasteiger partial charge in [0.25, 0.3) is 0 Å². The monoisotopic (exact) mass is 299 g/mol. The van der Waals surface area contributed by atoms with Crippen LogP contribution in [0.15, 0.2) is 18.3 Å². The molecule has 0 aliphatic carbocycles. The second-order valence-electron chi connectivity index (χ2n) is 7.11. The Balaban J connectivity index is 2.60. The average Bonchev–Trinajstić information content (AvgIpc) is 2.28. The highest BCUT2D eigenvalue weighted by atomic mass is 28.3. The summed E-state index contributed by atoms with van der Waals surface area (Å²) in [5.74, 6) is 6.52. The van der Waals surface area contributed by atoms with E-state index in [1.165, 1.54) is 5.56 Å². The lowest BCUT2D eigenvalue weighted by Gasteiger charge is -2.04. The van der Waals surface area contributed by atoms with Gasteiger partial charge in [0.1, 0.15) is 16.1 Å². The van der Waals surface area contributed by atoms with Gasteiger partial charge in [-0.1, -0.05) is 45.3 Å². The summed E-state index contributed by atoms with van der Waals surface area (Å²) in [6, 6.07) is 4.20. The first-order chi connectivity index (χ1) is 9.16. The number of nitrogens with zero attached hydrogens (tertiary/aromatic N) is 1. The minimum Gasteiger partial charge on any atom is -0.260 e. The summed E-state index contributed by atoms with van der Waals surface area (Å²) >= 11 is 0. The fourth-order valence-electron chi connectivity index (χ4n) is 1.48. The molecular formula is C17H25NSi2. The van der Waals surface area contributed by atoms with Gasteiger partial charge in [-0.3, -0.25) is 4.98 Å². The third kappa shape index (κ3) is 7.99. The van der Waals surface area contributed by atoms with Gasteiger partial charge in [-0.15, -0.1) is 22.9 Å². The van der Waals surface area contributed by atoms with Crippen molar-refractivity contribution in [3.63, 3.8) is 0 Å². The van der Waals surface area contributed by atoms with Crippen LogP contribution in [0, 0.1) is 22.9 Å². The van der Waals surface area contributed by atoms with E-state index in [-0.39, 0.29) is 0 Å². The summed E-state index contributed by atoms with van der Waals surface area (Å²) in [5, 5.41) is 0. The molecule has 1 rings (SSSR count). The molecule has 0 radical (unpaired) electrons. The van der Waals surface area contributed by atoms with Crippen LogP contribution >= 0.6 is 0 Å². The smallest absolute Gasteiger partial charge is 0.129 e. The van der Waals surface area contributed by atoms with Crippen molar-refractivity contribution in [1.82, 2.24) is 4.98 Å². The summed E-state index contributed by atoms with van der Waals surface area (Å²) in [6.45, 7) is 13.6. The highest BCUT2D eigenvalue weighted by molar-refractivity contribution is 6.84. The van der Waals surface area contributed by atoms with Crippen molar-refractivity contribution >= 4 is 16.1 Å². The molecule has 0 amide bonds. The van der Waals surface area contributed by atoms with Crippen LogP contribution < -0.4 is 0 Å². The van der Waals surface area contributed by atoms with Crippen LogP contribution in [0.1, 0.15) is 11.3 Å². The van der Waals surface area contributed by atoms with Gasteiger partial charge in [0.2, 0.25) is 0 Å². The highest BCUT2D eigenvalue weighted by Crippen LogP contribution is 2.03. The van der Waals surface area contributed by atoms with E-state index in [1.807, 2.05) is 6.20 Å². The van der Waals surface area contributed by atoms with Crippen LogP contribution in [0.3, 0.4) is 0 Å². The van der Waals surface area contributed by atoms with Crippen LogP contribution in [0.5, 0.6) is 0 Å². The quantitative estimate of drug-likeness (QED) is 0.595. The minimum absolute atomic E-state index is 0.755. The summed E-state index contributed by atoms with van der Waals surface area (Å²) in [7, 11) is -2.51. The topological polar surface area (TPSA) is 12.9 Å². The number of rotatable bonds is 2. The summed E-state index contributed by atoms with van der Waals surface area (Å²) in [6.07, 6.45) is 3.49. The van der Waals surface area contributed by atoms with Gasteiger partial charge in [-0.25, -0.2) is 0 Å². The van der Waals surface area contributed by atoms with E-state index in [2.05, 4.69) is 79.3 Å². The Bertz CT molecular complexity index is 499. The van der Waals surface area contributed by atoms with Gasteiger partial charge < -0.3 is 0 Å². The molecule has 0 aliphatic rings. The Morgan fingerprint density at radius 2 is 1.40 bits per heavy atom. The van der Waals surface area contributed by atoms with Crippen LogP contribution in [0.2, 0.25) is 39.3 Å². The Hall–Kier alpha value is -1.30. The Labute approximate surface area is 126 Å². The molecular weight excluding hydrogens is 274 g/mol. The van der Waals surface area contributed by atoms with E-state index in [0.29, 0.717) is 0 Å². The molecule has 0 unspecified atom stereocenters. The van der Waals surface area contributed by atoms with E-state index in [0.717, 1.165) is 18.5 Å². The van der Waals surface area contributed by atoms with Gasteiger partial charge in [0.05, 0.1) is 12.1 Å². The third-order valence-corrected chi connectivity index (χ3v) is 4.23. The van der Waals surface area contributed by atoms with Crippen molar-refractivity contribution in [2.24, 2.45) is 0 Å². The third-order valence-electron chi connectivity index (χ3n) is 2.37. The molecule has 0 saturated heterocycles. The molecule has 0 N–H and O–H groups in total. The molecule has 0 spiro atoms. The second-order valence-corrected chi connectivity index (χ2v) is 16.6. The number of hydrogen-bond donors (Lipinski definition) is 0. The lowest BCUT2D eigenvalue weighted by Crippen LogP contribution is -2.16. The lowest BCUT2D eigenvalue weighted by atomic mass is 10.2. The largest absolute Gasteiger partial charge is 0.260 e. The van der Waals surface area contributed by atoms with E-state index >= 15 is 0 Å². The maximum atomic E-state index is 4.47. The summed E-state index contributed by atoms with van der Waals surface area (Å²) in [5.41, 5.74) is 8.99. The van der Waals surface area contributed by atoms with E-state index in [4.69, 9.17) is 0 Å². The van der Waals surface area contributed by atoms with Gasteiger partial charge in [-0.2, -0.15) is 0 Å². The van der Waals surface area contributed by atoms with E-state index < -0.39 is 16.1 Å². The fourth-order valence-corrected chi connectivity index (χ4v) is 2.71. The minimum atomic E-state index is -1.26. The predicted octanol–water partition coefficient (Wildman–Crippen LogP) is 3.93. The van der Waals surface area contributed by atoms with Crippen LogP contribution in [0.4, 0.5) is 0 Å². The van der Waals surface area contributed by atoms with Crippen molar-refractivity contribution < 1.29 is 0 Å². The van der Waals surface area contributed by atoms with Crippen molar-refractivity contribution in [2.75, 3.05) is 0 Å². The maximum absolute atomic E-state index is 4.47. The Morgan fingerprint density at radius 1 is 0.850 bits per heavy atom. The molecule has 1 aromatic rings. The van der Waals surface area contributed by atoms with Crippen molar-refractivity contribution in [1.29, 1.82) is 0 Å². The number of hydrogen-bond acceptors (Lipinski definition) is 1. The zero-order chi connectivity index (χ0) is 15.2. The first-order valence-electron chi connectivity index (χ1n) is 7.10. The molecule has 0 fully saturated rings. The molecule has 20 heavy (non-hydrogen) atoms. The van der Waals surface area contributed by atoms with Crippen molar-refractivity contribution in [2.45, 2.75) is 52.1 Å². The Morgan fingerprint density at radius 3 is 1.85 bits per heavy atom. The molecule has 0 saturated carbocycles. The molecule has 1 nitrogen and oxygen atoms in total. The molecule has 0 atom stereocenters. The van der Waals surface area contributed by atoms with E-state index in [9.17, 15) is 0 Å². The molecule has 0 aromatic carbocycles. The van der Waals surface area contributed by atoms with E-state index in [1.54, 1.807) is 0 Å². The van der Waals surface area contributed by atoms with Crippen molar-refractivity contribution in [3.8, 4) is 22.9 Å². The second kappa shape index (κ2) is 6.93. The standard InChI is InChI=1S/C17H25NSi2/c1-19(2,3)13-7-9-16-11-12-17(18-15-16)10-8-14-20(4,5)6/h11-12,15H,9-10H2,1-6H3. The average molecular weight is 300 g/mol. The molecule has 1 aromatic heterocycles. The molecule has 0 aliphatic heterocycles. The zero-order valence-corrected chi connectivity index (χ0v) is 15.6. The molecule has 3 heteroatoms. The van der Waals surface area contributed by atoms with Crippen LogP contribution in [-0.2, 0) is 12.8 Å². The van der Waals surface area contributed by atoms with Gasteiger partial charge in [-0.05, 0) is 11.6 Å². The first-order valence-corrected chi connectivity index (χ1v) is 14.1. The normalized spacial score (nSPS) is 11.1. The molecule has 1 heterocycles.